The van der Waals surface area contributed by atoms with Gasteiger partial charge < -0.3 is 9.80 Å². The second-order valence-corrected chi connectivity index (χ2v) is 4.64. The molecule has 0 aliphatic carbocycles. The molecule has 116 valence electrons. The summed E-state index contributed by atoms with van der Waals surface area (Å²) in [5.41, 5.74) is 0. The smallest absolute Gasteiger partial charge is 0.0261 e. The van der Waals surface area contributed by atoms with Crippen molar-refractivity contribution >= 4 is 0 Å². The van der Waals surface area contributed by atoms with Crippen molar-refractivity contribution in [2.45, 2.75) is 34.6 Å². The number of piperazine rings is 2. The number of likely N-dealkylation sites (N-methyl/N-ethyl adjacent to an activating group) is 2. The van der Waals surface area contributed by atoms with Crippen LogP contribution < -0.4 is 0 Å². The average molecular weight is 272 g/mol. The number of hydrogen-bond donors (Lipinski definition) is 0. The molecule has 2 rings (SSSR count). The molecule has 19 heavy (non-hydrogen) atoms. The maximum absolute atomic E-state index is 2.55. The lowest BCUT2D eigenvalue weighted by atomic mass is 10.3. The average Bonchev–Trinajstić information content (AvgIpc) is 2.52. The van der Waals surface area contributed by atoms with E-state index in [1.807, 2.05) is 27.7 Å². The fourth-order valence-electron chi connectivity index (χ4n) is 2.42. The van der Waals surface area contributed by atoms with Gasteiger partial charge in [-0.05, 0) is 13.6 Å². The molecule has 0 aromatic heterocycles. The van der Waals surface area contributed by atoms with Crippen LogP contribution in [0.3, 0.4) is 0 Å². The van der Waals surface area contributed by atoms with E-state index >= 15 is 0 Å². The number of hydrazine groups is 1. The summed E-state index contributed by atoms with van der Waals surface area (Å²) in [6.07, 6.45) is 0. The Morgan fingerprint density at radius 3 is 1.37 bits per heavy atom. The van der Waals surface area contributed by atoms with Crippen LogP contribution in [0, 0.1) is 0 Å². The van der Waals surface area contributed by atoms with E-state index in [9.17, 15) is 0 Å². The molecule has 2 fully saturated rings. The van der Waals surface area contributed by atoms with Crippen molar-refractivity contribution in [3.63, 3.8) is 0 Å². The lowest BCUT2D eigenvalue weighted by molar-refractivity contribution is -0.0778. The van der Waals surface area contributed by atoms with Gasteiger partial charge in [-0.3, -0.25) is 0 Å². The minimum Gasteiger partial charge on any atom is -0.304 e. The topological polar surface area (TPSA) is 13.0 Å². The Balaban J connectivity index is 0.000000741. The second kappa shape index (κ2) is 11.6. The van der Waals surface area contributed by atoms with E-state index in [-0.39, 0.29) is 0 Å². The van der Waals surface area contributed by atoms with Gasteiger partial charge >= 0.3 is 0 Å². The molecule has 4 nitrogen and oxygen atoms in total. The molecule has 2 heterocycles. The maximum Gasteiger partial charge on any atom is 0.0261 e. The molecule has 0 aromatic carbocycles. The van der Waals surface area contributed by atoms with Crippen LogP contribution >= 0.6 is 0 Å². The van der Waals surface area contributed by atoms with Gasteiger partial charge in [-0.1, -0.05) is 34.6 Å². The Labute approximate surface area is 121 Å². The molecule has 4 heteroatoms. The summed E-state index contributed by atoms with van der Waals surface area (Å²) in [5.74, 6) is 0. The minimum absolute atomic E-state index is 1.20. The predicted octanol–water partition coefficient (Wildman–Crippen LogP) is 1.84. The number of nitrogens with zero attached hydrogens (tertiary/aromatic N) is 4. The van der Waals surface area contributed by atoms with Gasteiger partial charge in [0, 0.05) is 52.4 Å². The van der Waals surface area contributed by atoms with Crippen molar-refractivity contribution in [1.29, 1.82) is 0 Å². The molecular formula is C15H36N4. The third-order valence-corrected chi connectivity index (χ3v) is 3.68. The summed E-state index contributed by atoms with van der Waals surface area (Å²) in [6.45, 7) is 21.2. The molecule has 0 amide bonds. The van der Waals surface area contributed by atoms with Crippen LogP contribution in [0.4, 0.5) is 0 Å². The quantitative estimate of drug-likeness (QED) is 0.760. The van der Waals surface area contributed by atoms with Gasteiger partial charge in [0.15, 0.2) is 0 Å². The van der Waals surface area contributed by atoms with Gasteiger partial charge in [0.25, 0.3) is 0 Å². The Hall–Kier alpha value is -0.160. The van der Waals surface area contributed by atoms with Crippen molar-refractivity contribution < 1.29 is 0 Å². The SMILES string of the molecule is CC.CC.CCN1CCN(N2CCN(C)CC2)CC1. The van der Waals surface area contributed by atoms with Crippen molar-refractivity contribution in [2.75, 3.05) is 66.0 Å². The van der Waals surface area contributed by atoms with Crippen LogP contribution in [-0.2, 0) is 0 Å². The molecule has 0 aromatic rings. The Kier molecular flexibility index (Phi) is 11.6. The highest BCUT2D eigenvalue weighted by Crippen LogP contribution is 2.08. The van der Waals surface area contributed by atoms with Gasteiger partial charge in [-0.15, -0.1) is 0 Å². The first kappa shape index (κ1) is 18.8. The summed E-state index contributed by atoms with van der Waals surface area (Å²) < 4.78 is 0. The highest BCUT2D eigenvalue weighted by molar-refractivity contribution is 4.73. The normalized spacial score (nSPS) is 23.1. The van der Waals surface area contributed by atoms with E-state index < -0.39 is 0 Å². The number of hydrogen-bond acceptors (Lipinski definition) is 4. The lowest BCUT2D eigenvalue weighted by Gasteiger charge is -2.44. The van der Waals surface area contributed by atoms with E-state index in [2.05, 4.69) is 33.8 Å². The molecule has 0 radical (unpaired) electrons. The molecule has 2 aliphatic rings. The lowest BCUT2D eigenvalue weighted by Crippen LogP contribution is -2.58. The Bertz CT molecular complexity index is 183. The van der Waals surface area contributed by atoms with Crippen LogP contribution in [-0.4, -0.2) is 85.8 Å². The zero-order valence-corrected chi connectivity index (χ0v) is 14.2. The van der Waals surface area contributed by atoms with Crippen molar-refractivity contribution in [3.05, 3.63) is 0 Å². The monoisotopic (exact) mass is 272 g/mol. The van der Waals surface area contributed by atoms with Crippen LogP contribution in [0.1, 0.15) is 34.6 Å². The van der Waals surface area contributed by atoms with Crippen LogP contribution in [0.5, 0.6) is 0 Å². The first-order chi connectivity index (χ1) is 9.29. The van der Waals surface area contributed by atoms with Gasteiger partial charge in [0.1, 0.15) is 0 Å². The van der Waals surface area contributed by atoms with Crippen molar-refractivity contribution in [3.8, 4) is 0 Å². The van der Waals surface area contributed by atoms with Crippen LogP contribution in [0.2, 0.25) is 0 Å². The first-order valence-corrected chi connectivity index (χ1v) is 8.20. The highest BCUT2D eigenvalue weighted by atomic mass is 15.6. The Morgan fingerprint density at radius 1 is 0.632 bits per heavy atom. The third-order valence-electron chi connectivity index (χ3n) is 3.68. The van der Waals surface area contributed by atoms with E-state index in [1.165, 1.54) is 58.9 Å². The van der Waals surface area contributed by atoms with E-state index in [4.69, 9.17) is 0 Å². The zero-order chi connectivity index (χ0) is 14.7. The predicted molar refractivity (Wildman–Crippen MR) is 85.5 cm³/mol. The van der Waals surface area contributed by atoms with Gasteiger partial charge in [0.2, 0.25) is 0 Å². The first-order valence-electron chi connectivity index (χ1n) is 8.20. The summed E-state index contributed by atoms with van der Waals surface area (Å²) in [4.78, 5) is 4.95. The highest BCUT2D eigenvalue weighted by Gasteiger charge is 2.23. The summed E-state index contributed by atoms with van der Waals surface area (Å²) >= 11 is 0. The number of rotatable bonds is 2. The molecule has 2 aliphatic heterocycles. The molecule has 0 spiro atoms. The molecule has 0 saturated carbocycles. The van der Waals surface area contributed by atoms with Crippen LogP contribution in [0.25, 0.3) is 0 Å². The maximum atomic E-state index is 2.55. The van der Waals surface area contributed by atoms with Crippen LogP contribution in [0.15, 0.2) is 0 Å². The largest absolute Gasteiger partial charge is 0.304 e. The Morgan fingerprint density at radius 2 is 1.00 bits per heavy atom. The minimum atomic E-state index is 1.20. The van der Waals surface area contributed by atoms with Crippen molar-refractivity contribution in [1.82, 2.24) is 19.8 Å². The van der Waals surface area contributed by atoms with Gasteiger partial charge in [-0.2, -0.15) is 0 Å². The molecular weight excluding hydrogens is 236 g/mol. The van der Waals surface area contributed by atoms with E-state index in [0.717, 1.165) is 0 Å². The van der Waals surface area contributed by atoms with Crippen molar-refractivity contribution in [2.24, 2.45) is 0 Å². The molecule has 0 unspecified atom stereocenters. The summed E-state index contributed by atoms with van der Waals surface area (Å²) in [5, 5.41) is 5.10. The van der Waals surface area contributed by atoms with E-state index in [1.54, 1.807) is 0 Å². The van der Waals surface area contributed by atoms with Gasteiger partial charge in [0.05, 0.1) is 0 Å². The fourth-order valence-corrected chi connectivity index (χ4v) is 2.42. The summed E-state index contributed by atoms with van der Waals surface area (Å²) in [6, 6.07) is 0. The second-order valence-electron chi connectivity index (χ2n) is 4.64. The molecule has 0 bridgehead atoms. The summed E-state index contributed by atoms with van der Waals surface area (Å²) in [7, 11) is 2.21. The molecule has 0 atom stereocenters. The zero-order valence-electron chi connectivity index (χ0n) is 14.2. The fraction of sp³-hybridized carbons (Fsp3) is 1.00. The van der Waals surface area contributed by atoms with Gasteiger partial charge in [-0.25, -0.2) is 10.0 Å². The third kappa shape index (κ3) is 6.70. The molecule has 2 saturated heterocycles. The standard InChI is InChI=1S/C11H24N4.2C2H6/c1-3-13-6-10-15(11-7-13)14-8-4-12(2)5-9-14;2*1-2/h3-11H2,1-2H3;2*1-2H3. The molecule has 0 N–H and O–H groups in total. The van der Waals surface area contributed by atoms with E-state index in [0.29, 0.717) is 0 Å².